The van der Waals surface area contributed by atoms with Crippen LogP contribution in [-0.2, 0) is 9.59 Å². The second kappa shape index (κ2) is 6.42. The van der Waals surface area contributed by atoms with Crippen LogP contribution in [0.25, 0.3) is 0 Å². The van der Waals surface area contributed by atoms with Gasteiger partial charge in [0.1, 0.15) is 11.6 Å². The summed E-state index contributed by atoms with van der Waals surface area (Å²) in [6.07, 6.45) is 3.61. The molecule has 0 bridgehead atoms. The van der Waals surface area contributed by atoms with Gasteiger partial charge < -0.3 is 0 Å². The maximum absolute atomic E-state index is 13.2. The van der Waals surface area contributed by atoms with E-state index in [0.29, 0.717) is 11.6 Å². The molecule has 0 aromatic rings. The Morgan fingerprint density at radius 1 is 0.625 bits per heavy atom. The molecule has 4 atom stereocenters. The van der Waals surface area contributed by atoms with Crippen molar-refractivity contribution < 1.29 is 9.59 Å². The predicted molar refractivity (Wildman–Crippen MR) is 99.7 cm³/mol. The lowest BCUT2D eigenvalue weighted by Crippen LogP contribution is -2.43. The molecule has 0 spiro atoms. The Morgan fingerprint density at radius 3 is 1.29 bits per heavy atom. The van der Waals surface area contributed by atoms with Gasteiger partial charge in [-0.2, -0.15) is 0 Å². The molecule has 0 radical (unpaired) electrons. The fraction of sp³-hybridized carbons (Fsp3) is 0.818. The predicted octanol–water partition coefficient (Wildman–Crippen LogP) is 5.61. The van der Waals surface area contributed by atoms with Crippen molar-refractivity contribution in [3.63, 3.8) is 0 Å². The minimum atomic E-state index is -0.00542. The van der Waals surface area contributed by atoms with E-state index >= 15 is 0 Å². The third kappa shape index (κ3) is 3.83. The molecule has 2 fully saturated rings. The third-order valence-electron chi connectivity index (χ3n) is 6.26. The molecule has 2 heteroatoms. The number of hydrogen-bond donors (Lipinski definition) is 0. The fourth-order valence-corrected chi connectivity index (χ4v) is 4.57. The highest BCUT2D eigenvalue weighted by Gasteiger charge is 2.45. The van der Waals surface area contributed by atoms with E-state index < -0.39 is 0 Å². The first-order chi connectivity index (χ1) is 10.8. The molecule has 0 aromatic heterocycles. The summed E-state index contributed by atoms with van der Waals surface area (Å²) in [6, 6.07) is 0. The van der Waals surface area contributed by atoms with Gasteiger partial charge in [0.15, 0.2) is 0 Å². The van der Waals surface area contributed by atoms with Gasteiger partial charge in [-0.3, -0.25) is 9.59 Å². The first kappa shape index (κ1) is 19.4. The van der Waals surface area contributed by atoms with Crippen molar-refractivity contribution in [1.29, 1.82) is 0 Å². The summed E-state index contributed by atoms with van der Waals surface area (Å²) < 4.78 is 0. The highest BCUT2D eigenvalue weighted by atomic mass is 16.1. The second-order valence-corrected chi connectivity index (χ2v) is 10.5. The molecule has 0 aromatic carbocycles. The summed E-state index contributed by atoms with van der Waals surface area (Å²) in [5, 5.41) is 0. The first-order valence-electron chi connectivity index (χ1n) is 9.59. The smallest absolute Gasteiger partial charge is 0.140 e. The summed E-state index contributed by atoms with van der Waals surface area (Å²) >= 11 is 0. The number of carbonyl (C=O) groups is 2. The molecule has 2 saturated carbocycles. The van der Waals surface area contributed by atoms with Gasteiger partial charge in [-0.15, -0.1) is 0 Å². The number of rotatable bonds is 0. The zero-order chi connectivity index (χ0) is 18.4. The van der Waals surface area contributed by atoms with E-state index in [2.05, 4.69) is 55.4 Å². The topological polar surface area (TPSA) is 34.1 Å². The number of Topliss-reactive ketones (excluding diaryl/α,β-unsaturated/α-hetero) is 2. The average Bonchev–Trinajstić information content (AvgIpc) is 2.41. The lowest BCUT2D eigenvalue weighted by molar-refractivity contribution is -0.135. The molecule has 136 valence electrons. The van der Waals surface area contributed by atoms with Crippen molar-refractivity contribution in [2.24, 2.45) is 34.5 Å². The normalized spacial score (nSPS) is 33.2. The highest BCUT2D eigenvalue weighted by Crippen LogP contribution is 2.48. The summed E-state index contributed by atoms with van der Waals surface area (Å²) in [5.41, 5.74) is 2.95. The van der Waals surface area contributed by atoms with Crippen LogP contribution in [0.2, 0.25) is 0 Å². The zero-order valence-electron chi connectivity index (χ0n) is 17.0. The van der Waals surface area contributed by atoms with Gasteiger partial charge in [0.25, 0.3) is 0 Å². The van der Waals surface area contributed by atoms with Gasteiger partial charge in [0.2, 0.25) is 0 Å². The molecule has 2 rings (SSSR count). The van der Waals surface area contributed by atoms with E-state index in [0.717, 1.165) is 25.7 Å². The van der Waals surface area contributed by atoms with E-state index in [1.54, 1.807) is 0 Å². The first-order valence-corrected chi connectivity index (χ1v) is 9.59. The van der Waals surface area contributed by atoms with Crippen LogP contribution in [0.5, 0.6) is 0 Å². The molecule has 0 N–H and O–H groups in total. The van der Waals surface area contributed by atoms with Crippen molar-refractivity contribution >= 4 is 11.6 Å². The van der Waals surface area contributed by atoms with Gasteiger partial charge in [0, 0.05) is 23.7 Å². The van der Waals surface area contributed by atoms with Gasteiger partial charge in [-0.05, 0) is 36.5 Å². The Hall–Kier alpha value is -0.920. The van der Waals surface area contributed by atoms with Crippen LogP contribution in [0.4, 0.5) is 0 Å². The molecule has 2 nitrogen and oxygen atoms in total. The molecular weight excluding hydrogens is 296 g/mol. The van der Waals surface area contributed by atoms with Crippen LogP contribution in [0.1, 0.15) is 81.1 Å². The minimum Gasteiger partial charge on any atom is -0.299 e. The van der Waals surface area contributed by atoms with E-state index in [9.17, 15) is 9.59 Å². The van der Waals surface area contributed by atoms with Crippen molar-refractivity contribution in [2.75, 3.05) is 0 Å². The number of allylic oxidation sites excluding steroid dienone is 2. The van der Waals surface area contributed by atoms with Gasteiger partial charge in [-0.25, -0.2) is 0 Å². The molecule has 0 amide bonds. The maximum atomic E-state index is 13.2. The quantitative estimate of drug-likeness (QED) is 0.541. The van der Waals surface area contributed by atoms with Crippen LogP contribution in [0.15, 0.2) is 11.1 Å². The van der Waals surface area contributed by atoms with Crippen LogP contribution < -0.4 is 0 Å². The van der Waals surface area contributed by atoms with Crippen LogP contribution in [0.3, 0.4) is 0 Å². The molecular formula is C22H36O2. The molecule has 24 heavy (non-hydrogen) atoms. The van der Waals surface area contributed by atoms with E-state index in [1.165, 1.54) is 11.1 Å². The summed E-state index contributed by atoms with van der Waals surface area (Å²) in [6.45, 7) is 17.3. The summed E-state index contributed by atoms with van der Waals surface area (Å²) in [5.74, 6) is 1.32. The summed E-state index contributed by atoms with van der Waals surface area (Å²) in [4.78, 5) is 25.3. The second-order valence-electron chi connectivity index (χ2n) is 10.5. The Bertz CT molecular complexity index is 509. The van der Waals surface area contributed by atoms with Crippen molar-refractivity contribution in [3.05, 3.63) is 11.1 Å². The van der Waals surface area contributed by atoms with Gasteiger partial charge >= 0.3 is 0 Å². The van der Waals surface area contributed by atoms with Gasteiger partial charge in [-0.1, -0.05) is 66.5 Å². The fourth-order valence-electron chi connectivity index (χ4n) is 4.57. The Labute approximate surface area is 148 Å². The zero-order valence-corrected chi connectivity index (χ0v) is 17.0. The number of carbonyl (C=O) groups excluding carboxylic acids is 2. The van der Waals surface area contributed by atoms with Crippen LogP contribution >= 0.6 is 0 Å². The Morgan fingerprint density at radius 2 is 0.958 bits per heavy atom. The standard InChI is InChI=1S/C22H36O2/c1-13-9-15(10-14(2)19(13)23)16-11-17(21(3,4)5)20(24)18(12-16)22(6,7)8/h13-14,17-18H,9-12H2,1-8H3. The monoisotopic (exact) mass is 332 g/mol. The van der Waals surface area contributed by atoms with Crippen molar-refractivity contribution in [1.82, 2.24) is 0 Å². The Kier molecular flexibility index (Phi) is 5.19. The molecule has 0 saturated heterocycles. The third-order valence-corrected chi connectivity index (χ3v) is 6.26. The lowest BCUT2D eigenvalue weighted by atomic mass is 9.60. The van der Waals surface area contributed by atoms with Crippen LogP contribution in [0, 0.1) is 34.5 Å². The largest absolute Gasteiger partial charge is 0.299 e. The molecule has 2 aliphatic rings. The molecule has 0 aliphatic heterocycles. The molecule has 2 aliphatic carbocycles. The van der Waals surface area contributed by atoms with Crippen molar-refractivity contribution in [2.45, 2.75) is 81.1 Å². The number of hydrogen-bond acceptors (Lipinski definition) is 2. The SMILES string of the molecule is CC1CC(=C2CC(C(C)(C)C)C(=O)C(C(C)(C)C)C2)CC(C)C1=O. The molecule has 4 unspecified atom stereocenters. The minimum absolute atomic E-state index is 0.00542. The highest BCUT2D eigenvalue weighted by molar-refractivity contribution is 5.87. The van der Waals surface area contributed by atoms with E-state index in [1.807, 2.05) is 0 Å². The Balaban J connectivity index is 2.42. The summed E-state index contributed by atoms with van der Waals surface area (Å²) in [7, 11) is 0. The van der Waals surface area contributed by atoms with E-state index in [4.69, 9.17) is 0 Å². The molecule has 0 heterocycles. The average molecular weight is 333 g/mol. The number of ketones is 2. The van der Waals surface area contributed by atoms with Crippen LogP contribution in [-0.4, -0.2) is 11.6 Å². The van der Waals surface area contributed by atoms with Gasteiger partial charge in [0.05, 0.1) is 0 Å². The lowest BCUT2D eigenvalue weighted by Gasteiger charge is -2.43. The maximum Gasteiger partial charge on any atom is 0.140 e. The van der Waals surface area contributed by atoms with Crippen molar-refractivity contribution in [3.8, 4) is 0 Å². The van der Waals surface area contributed by atoms with E-state index in [-0.39, 0.29) is 34.5 Å².